The van der Waals surface area contributed by atoms with E-state index in [0.717, 1.165) is 5.56 Å². The van der Waals surface area contributed by atoms with Crippen LogP contribution in [-0.4, -0.2) is 42.8 Å². The lowest BCUT2D eigenvalue weighted by Gasteiger charge is -2.14. The van der Waals surface area contributed by atoms with Gasteiger partial charge in [0.25, 0.3) is 0 Å². The molecule has 0 heterocycles. The van der Waals surface area contributed by atoms with Gasteiger partial charge in [-0.3, -0.25) is 4.79 Å². The number of carbonyl (C=O) groups excluding carboxylic acids is 1. The first-order valence-electron chi connectivity index (χ1n) is 6.82. The van der Waals surface area contributed by atoms with E-state index in [9.17, 15) is 9.59 Å². The number of hydrogen-bond donors (Lipinski definition) is 2. The lowest BCUT2D eigenvalue weighted by atomic mass is 10.1. The molecule has 0 aromatic heterocycles. The summed E-state index contributed by atoms with van der Waals surface area (Å²) in [6.07, 6.45) is 0.206. The standard InChI is InChI=1S/C15H21NO5/c1-3-20-7-8-21-13-6-4-5-12(9-13)10-14(15(18)19)16-11(2)17/h4-6,9,14H,3,7-8,10H2,1-2H3,(H,16,17)(H,18,19). The summed E-state index contributed by atoms with van der Waals surface area (Å²) >= 11 is 0. The quantitative estimate of drug-likeness (QED) is 0.669. The number of rotatable bonds is 9. The largest absolute Gasteiger partial charge is 0.491 e. The maximum Gasteiger partial charge on any atom is 0.326 e. The number of hydrogen-bond acceptors (Lipinski definition) is 4. The molecular formula is C15H21NO5. The molecule has 0 spiro atoms. The number of nitrogens with one attached hydrogen (secondary N) is 1. The molecule has 116 valence electrons. The molecule has 1 unspecified atom stereocenters. The highest BCUT2D eigenvalue weighted by molar-refractivity contribution is 5.82. The molecule has 1 aromatic rings. The third-order valence-electron chi connectivity index (χ3n) is 2.71. The second kappa shape index (κ2) is 8.97. The van der Waals surface area contributed by atoms with Crippen molar-refractivity contribution in [2.75, 3.05) is 19.8 Å². The first kappa shape index (κ1) is 17.0. The minimum absolute atomic E-state index is 0.206. The number of amides is 1. The van der Waals surface area contributed by atoms with E-state index in [4.69, 9.17) is 14.6 Å². The molecule has 1 amide bonds. The van der Waals surface area contributed by atoms with Crippen molar-refractivity contribution in [2.24, 2.45) is 0 Å². The lowest BCUT2D eigenvalue weighted by molar-refractivity contribution is -0.141. The number of benzene rings is 1. The summed E-state index contributed by atoms with van der Waals surface area (Å²) in [6.45, 7) is 4.79. The Hall–Kier alpha value is -2.08. The van der Waals surface area contributed by atoms with E-state index in [1.807, 2.05) is 6.92 Å². The van der Waals surface area contributed by atoms with Crippen LogP contribution >= 0.6 is 0 Å². The van der Waals surface area contributed by atoms with Gasteiger partial charge in [-0.05, 0) is 24.6 Å². The summed E-state index contributed by atoms with van der Waals surface area (Å²) in [4.78, 5) is 22.1. The molecule has 0 aliphatic heterocycles. The molecule has 0 saturated carbocycles. The van der Waals surface area contributed by atoms with Gasteiger partial charge in [0.05, 0.1) is 6.61 Å². The Morgan fingerprint density at radius 1 is 1.33 bits per heavy atom. The van der Waals surface area contributed by atoms with Crippen LogP contribution < -0.4 is 10.1 Å². The van der Waals surface area contributed by atoms with Gasteiger partial charge in [0.2, 0.25) is 5.91 Å². The average Bonchev–Trinajstić information content (AvgIpc) is 2.43. The highest BCUT2D eigenvalue weighted by Crippen LogP contribution is 2.15. The SMILES string of the molecule is CCOCCOc1cccc(CC(NC(C)=O)C(=O)O)c1. The molecule has 6 heteroatoms. The Morgan fingerprint density at radius 3 is 2.71 bits per heavy atom. The van der Waals surface area contributed by atoms with Crippen molar-refractivity contribution in [3.05, 3.63) is 29.8 Å². The third kappa shape index (κ3) is 6.76. The first-order chi connectivity index (χ1) is 10.0. The Kier molecular flexibility index (Phi) is 7.25. The normalized spacial score (nSPS) is 11.7. The Labute approximate surface area is 124 Å². The van der Waals surface area contributed by atoms with Crippen molar-refractivity contribution < 1.29 is 24.2 Å². The molecule has 0 aliphatic carbocycles. The Bertz CT molecular complexity index is 475. The molecular weight excluding hydrogens is 274 g/mol. The highest BCUT2D eigenvalue weighted by atomic mass is 16.5. The molecule has 6 nitrogen and oxygen atoms in total. The van der Waals surface area contributed by atoms with E-state index < -0.39 is 12.0 Å². The van der Waals surface area contributed by atoms with Gasteiger partial charge < -0.3 is 19.9 Å². The van der Waals surface area contributed by atoms with Gasteiger partial charge in [0.15, 0.2) is 0 Å². The van der Waals surface area contributed by atoms with Gasteiger partial charge >= 0.3 is 5.97 Å². The maximum absolute atomic E-state index is 11.1. The van der Waals surface area contributed by atoms with Crippen molar-refractivity contribution in [2.45, 2.75) is 26.3 Å². The zero-order valence-electron chi connectivity index (χ0n) is 12.3. The molecule has 0 saturated heterocycles. The highest BCUT2D eigenvalue weighted by Gasteiger charge is 2.18. The van der Waals surface area contributed by atoms with Crippen molar-refractivity contribution in [1.29, 1.82) is 0 Å². The van der Waals surface area contributed by atoms with Crippen molar-refractivity contribution in [3.63, 3.8) is 0 Å². The predicted molar refractivity (Wildman–Crippen MR) is 77.4 cm³/mol. The number of carboxylic acid groups (broad SMARTS) is 1. The van der Waals surface area contributed by atoms with Crippen LogP contribution in [0, 0.1) is 0 Å². The summed E-state index contributed by atoms with van der Waals surface area (Å²) in [6, 6.07) is 6.21. The fourth-order valence-corrected chi connectivity index (χ4v) is 1.81. The average molecular weight is 295 g/mol. The second-order valence-electron chi connectivity index (χ2n) is 4.49. The van der Waals surface area contributed by atoms with Crippen LogP contribution in [0.3, 0.4) is 0 Å². The Morgan fingerprint density at radius 2 is 2.10 bits per heavy atom. The van der Waals surface area contributed by atoms with Gasteiger partial charge in [-0.2, -0.15) is 0 Å². The number of ether oxygens (including phenoxy) is 2. The van der Waals surface area contributed by atoms with Gasteiger partial charge in [-0.15, -0.1) is 0 Å². The van der Waals surface area contributed by atoms with Crippen LogP contribution in [0.15, 0.2) is 24.3 Å². The van der Waals surface area contributed by atoms with E-state index in [1.54, 1.807) is 24.3 Å². The second-order valence-corrected chi connectivity index (χ2v) is 4.49. The third-order valence-corrected chi connectivity index (χ3v) is 2.71. The fourth-order valence-electron chi connectivity index (χ4n) is 1.81. The van der Waals surface area contributed by atoms with E-state index in [-0.39, 0.29) is 12.3 Å². The molecule has 21 heavy (non-hydrogen) atoms. The van der Waals surface area contributed by atoms with Crippen LogP contribution in [-0.2, 0) is 20.7 Å². The molecule has 1 aromatic carbocycles. The topological polar surface area (TPSA) is 84.9 Å². The first-order valence-corrected chi connectivity index (χ1v) is 6.82. The van der Waals surface area contributed by atoms with E-state index in [1.165, 1.54) is 6.92 Å². The van der Waals surface area contributed by atoms with Gasteiger partial charge in [0.1, 0.15) is 18.4 Å². The number of carbonyl (C=O) groups is 2. The Balaban J connectivity index is 2.61. The smallest absolute Gasteiger partial charge is 0.326 e. The summed E-state index contributed by atoms with van der Waals surface area (Å²) < 4.78 is 10.7. The minimum Gasteiger partial charge on any atom is -0.491 e. The lowest BCUT2D eigenvalue weighted by Crippen LogP contribution is -2.41. The maximum atomic E-state index is 11.1. The van der Waals surface area contributed by atoms with Crippen molar-refractivity contribution >= 4 is 11.9 Å². The predicted octanol–water partition coefficient (Wildman–Crippen LogP) is 1.23. The van der Waals surface area contributed by atoms with Gasteiger partial charge in [-0.25, -0.2) is 4.79 Å². The summed E-state index contributed by atoms with van der Waals surface area (Å²) in [5, 5.41) is 11.5. The minimum atomic E-state index is -1.06. The van der Waals surface area contributed by atoms with Crippen molar-refractivity contribution in [3.8, 4) is 5.75 Å². The number of aliphatic carboxylic acids is 1. The van der Waals surface area contributed by atoms with Crippen LogP contribution in [0.2, 0.25) is 0 Å². The van der Waals surface area contributed by atoms with E-state index in [2.05, 4.69) is 5.32 Å². The molecule has 1 atom stereocenters. The van der Waals surface area contributed by atoms with E-state index >= 15 is 0 Å². The van der Waals surface area contributed by atoms with Gasteiger partial charge in [-0.1, -0.05) is 12.1 Å². The molecule has 1 rings (SSSR count). The monoisotopic (exact) mass is 295 g/mol. The van der Waals surface area contributed by atoms with Crippen LogP contribution in [0.1, 0.15) is 19.4 Å². The summed E-state index contributed by atoms with van der Waals surface area (Å²) in [5.41, 5.74) is 0.782. The van der Waals surface area contributed by atoms with Crippen LogP contribution in [0.5, 0.6) is 5.75 Å². The number of carboxylic acids is 1. The molecule has 0 bridgehead atoms. The fraction of sp³-hybridized carbons (Fsp3) is 0.467. The van der Waals surface area contributed by atoms with Crippen LogP contribution in [0.25, 0.3) is 0 Å². The van der Waals surface area contributed by atoms with Gasteiger partial charge in [0, 0.05) is 20.0 Å². The zero-order valence-corrected chi connectivity index (χ0v) is 12.3. The summed E-state index contributed by atoms with van der Waals surface area (Å²) in [7, 11) is 0. The van der Waals surface area contributed by atoms with Crippen LogP contribution in [0.4, 0.5) is 0 Å². The molecule has 2 N–H and O–H groups in total. The zero-order chi connectivity index (χ0) is 15.7. The molecule has 0 radical (unpaired) electrons. The summed E-state index contributed by atoms with van der Waals surface area (Å²) in [5.74, 6) is -0.779. The molecule has 0 aliphatic rings. The van der Waals surface area contributed by atoms with E-state index in [0.29, 0.717) is 25.6 Å². The molecule has 0 fully saturated rings. The van der Waals surface area contributed by atoms with Crippen molar-refractivity contribution in [1.82, 2.24) is 5.32 Å².